The molecule has 4 nitrogen and oxygen atoms in total. The highest BCUT2D eigenvalue weighted by atomic mass is 35.5. The normalized spacial score (nSPS) is 23.7. The third-order valence-corrected chi connectivity index (χ3v) is 5.26. The van der Waals surface area contributed by atoms with Crippen LogP contribution in [0.1, 0.15) is 50.4 Å². The minimum Gasteiger partial charge on any atom is -0.312 e. The second kappa shape index (κ2) is 6.67. The van der Waals surface area contributed by atoms with Crippen molar-refractivity contribution in [2.24, 2.45) is 7.05 Å². The molecule has 3 rings (SSSR count). The molecule has 0 spiro atoms. The number of aryl methyl sites for hydroxylation is 2. The molecule has 5 heteroatoms. The van der Waals surface area contributed by atoms with Crippen molar-refractivity contribution in [2.75, 3.05) is 13.1 Å². The molecule has 0 aromatic carbocycles. The second-order valence-electron chi connectivity index (χ2n) is 6.49. The third kappa shape index (κ3) is 3.61. The van der Waals surface area contributed by atoms with E-state index in [4.69, 9.17) is 11.6 Å². The Morgan fingerprint density at radius 1 is 1.29 bits per heavy atom. The number of aromatic nitrogens is 2. The standard InChI is InChI=1S/C16H27ClN4/c1-3-14-16(17)15(20(2)19-14)11-21-9-5-4-6-13(21)10-18-12-7-8-12/h12-13,18H,3-11H2,1-2H3. The van der Waals surface area contributed by atoms with Crippen LogP contribution in [0.3, 0.4) is 0 Å². The van der Waals surface area contributed by atoms with Crippen molar-refractivity contribution in [1.82, 2.24) is 20.0 Å². The quantitative estimate of drug-likeness (QED) is 0.877. The largest absolute Gasteiger partial charge is 0.312 e. The maximum absolute atomic E-state index is 6.51. The van der Waals surface area contributed by atoms with Gasteiger partial charge in [-0.15, -0.1) is 0 Å². The van der Waals surface area contributed by atoms with Crippen LogP contribution in [-0.4, -0.2) is 39.9 Å². The molecule has 1 aliphatic carbocycles. The van der Waals surface area contributed by atoms with Crippen molar-refractivity contribution in [2.45, 2.75) is 64.1 Å². The van der Waals surface area contributed by atoms with Gasteiger partial charge in [0.25, 0.3) is 0 Å². The predicted molar refractivity (Wildman–Crippen MR) is 86.7 cm³/mol. The SMILES string of the molecule is CCc1nn(C)c(CN2CCCCC2CNC2CC2)c1Cl. The Hall–Kier alpha value is -0.580. The van der Waals surface area contributed by atoms with Crippen LogP contribution >= 0.6 is 11.6 Å². The first-order chi connectivity index (χ1) is 10.2. The van der Waals surface area contributed by atoms with Crippen molar-refractivity contribution < 1.29 is 0 Å². The summed E-state index contributed by atoms with van der Waals surface area (Å²) in [6, 6.07) is 1.44. The Morgan fingerprint density at radius 3 is 2.76 bits per heavy atom. The minimum absolute atomic E-state index is 0.649. The Morgan fingerprint density at radius 2 is 2.10 bits per heavy atom. The molecule has 0 bridgehead atoms. The molecule has 0 amide bonds. The zero-order chi connectivity index (χ0) is 14.8. The van der Waals surface area contributed by atoms with Crippen molar-refractivity contribution in [3.8, 4) is 0 Å². The molecule has 1 saturated carbocycles. The number of nitrogens with zero attached hydrogens (tertiary/aromatic N) is 3. The molecule has 118 valence electrons. The van der Waals surface area contributed by atoms with Crippen molar-refractivity contribution >= 4 is 11.6 Å². The lowest BCUT2D eigenvalue weighted by atomic mass is 10.0. The summed E-state index contributed by atoms with van der Waals surface area (Å²) in [5, 5.41) is 9.11. The number of hydrogen-bond acceptors (Lipinski definition) is 3. The van der Waals surface area contributed by atoms with E-state index in [2.05, 4.69) is 22.2 Å². The minimum atomic E-state index is 0.649. The number of halogens is 1. The van der Waals surface area contributed by atoms with E-state index >= 15 is 0 Å². The smallest absolute Gasteiger partial charge is 0.0863 e. The van der Waals surface area contributed by atoms with E-state index in [0.29, 0.717) is 6.04 Å². The summed E-state index contributed by atoms with van der Waals surface area (Å²) in [7, 11) is 2.02. The van der Waals surface area contributed by atoms with Gasteiger partial charge in [0.1, 0.15) is 0 Å². The van der Waals surface area contributed by atoms with E-state index in [0.717, 1.165) is 36.3 Å². The first kappa shape index (κ1) is 15.3. The molecule has 2 aliphatic rings. The van der Waals surface area contributed by atoms with Gasteiger partial charge >= 0.3 is 0 Å². The number of rotatable bonds is 6. The van der Waals surface area contributed by atoms with Crippen molar-refractivity contribution in [3.63, 3.8) is 0 Å². The fourth-order valence-electron chi connectivity index (χ4n) is 3.27. The van der Waals surface area contributed by atoms with Gasteiger partial charge in [-0.2, -0.15) is 5.10 Å². The molecule has 1 aliphatic heterocycles. The maximum atomic E-state index is 6.51. The average Bonchev–Trinajstić information content (AvgIpc) is 3.28. The van der Waals surface area contributed by atoms with Gasteiger partial charge in [-0.05, 0) is 38.6 Å². The number of likely N-dealkylation sites (tertiary alicyclic amines) is 1. The number of nitrogens with one attached hydrogen (secondary N) is 1. The van der Waals surface area contributed by atoms with Crippen LogP contribution in [-0.2, 0) is 20.0 Å². The lowest BCUT2D eigenvalue weighted by Crippen LogP contribution is -2.45. The van der Waals surface area contributed by atoms with Gasteiger partial charge in [-0.25, -0.2) is 0 Å². The van der Waals surface area contributed by atoms with Crippen LogP contribution < -0.4 is 5.32 Å². The first-order valence-corrected chi connectivity index (χ1v) is 8.74. The van der Waals surface area contributed by atoms with E-state index in [1.54, 1.807) is 0 Å². The molecule has 1 aromatic heterocycles. The Kier molecular flexibility index (Phi) is 4.87. The molecule has 0 radical (unpaired) electrons. The van der Waals surface area contributed by atoms with E-state index in [1.807, 2.05) is 11.7 Å². The summed E-state index contributed by atoms with van der Waals surface area (Å²) in [6.45, 7) is 5.35. The number of piperidine rings is 1. The maximum Gasteiger partial charge on any atom is 0.0863 e. The van der Waals surface area contributed by atoms with Crippen LogP contribution in [0, 0.1) is 0 Å². The molecule has 1 unspecified atom stereocenters. The van der Waals surface area contributed by atoms with Gasteiger partial charge in [-0.3, -0.25) is 9.58 Å². The molecule has 1 atom stereocenters. The average molecular weight is 311 g/mol. The molecule has 1 N–H and O–H groups in total. The van der Waals surface area contributed by atoms with Gasteiger partial charge < -0.3 is 5.32 Å². The van der Waals surface area contributed by atoms with Crippen LogP contribution in [0.4, 0.5) is 0 Å². The van der Waals surface area contributed by atoms with E-state index < -0.39 is 0 Å². The zero-order valence-corrected chi connectivity index (χ0v) is 14.0. The monoisotopic (exact) mass is 310 g/mol. The highest BCUT2D eigenvalue weighted by Gasteiger charge is 2.27. The second-order valence-corrected chi connectivity index (χ2v) is 6.87. The summed E-state index contributed by atoms with van der Waals surface area (Å²) in [4.78, 5) is 2.60. The molecule has 1 saturated heterocycles. The summed E-state index contributed by atoms with van der Waals surface area (Å²) < 4.78 is 1.97. The van der Waals surface area contributed by atoms with Gasteiger partial charge in [0, 0.05) is 32.2 Å². The van der Waals surface area contributed by atoms with Gasteiger partial charge in [-0.1, -0.05) is 24.9 Å². The van der Waals surface area contributed by atoms with Crippen molar-refractivity contribution in [1.29, 1.82) is 0 Å². The van der Waals surface area contributed by atoms with Crippen LogP contribution in [0.15, 0.2) is 0 Å². The van der Waals surface area contributed by atoms with Crippen molar-refractivity contribution in [3.05, 3.63) is 16.4 Å². The highest BCUT2D eigenvalue weighted by molar-refractivity contribution is 6.31. The Labute approximate surface area is 132 Å². The first-order valence-electron chi connectivity index (χ1n) is 8.36. The summed E-state index contributed by atoms with van der Waals surface area (Å²) in [5.74, 6) is 0. The Bertz CT molecular complexity index is 481. The molecular weight excluding hydrogens is 284 g/mol. The van der Waals surface area contributed by atoms with Gasteiger partial charge in [0.15, 0.2) is 0 Å². The topological polar surface area (TPSA) is 33.1 Å². The van der Waals surface area contributed by atoms with Crippen LogP contribution in [0.2, 0.25) is 5.02 Å². The van der Waals surface area contributed by atoms with Gasteiger partial charge in [0.05, 0.1) is 16.4 Å². The molecule has 2 heterocycles. The van der Waals surface area contributed by atoms with Crippen LogP contribution in [0.25, 0.3) is 0 Å². The van der Waals surface area contributed by atoms with Crippen LogP contribution in [0.5, 0.6) is 0 Å². The fourth-order valence-corrected chi connectivity index (χ4v) is 3.63. The lowest BCUT2D eigenvalue weighted by molar-refractivity contribution is 0.134. The fraction of sp³-hybridized carbons (Fsp3) is 0.812. The molecule has 1 aromatic rings. The van der Waals surface area contributed by atoms with E-state index in [9.17, 15) is 0 Å². The molecule has 21 heavy (non-hydrogen) atoms. The molecular formula is C16H27ClN4. The highest BCUT2D eigenvalue weighted by Crippen LogP contribution is 2.26. The van der Waals surface area contributed by atoms with E-state index in [-0.39, 0.29) is 0 Å². The summed E-state index contributed by atoms with van der Waals surface area (Å²) >= 11 is 6.51. The number of hydrogen-bond donors (Lipinski definition) is 1. The predicted octanol–water partition coefficient (Wildman–Crippen LogP) is 2.74. The van der Waals surface area contributed by atoms with E-state index in [1.165, 1.54) is 44.3 Å². The summed E-state index contributed by atoms with van der Waals surface area (Å²) in [5.41, 5.74) is 2.20. The summed E-state index contributed by atoms with van der Waals surface area (Å²) in [6.07, 6.45) is 7.58. The van der Waals surface area contributed by atoms with Gasteiger partial charge in [0.2, 0.25) is 0 Å². The molecule has 2 fully saturated rings. The Balaban J connectivity index is 1.67. The lowest BCUT2D eigenvalue weighted by Gasteiger charge is -2.36. The third-order valence-electron chi connectivity index (χ3n) is 4.82. The zero-order valence-electron chi connectivity index (χ0n) is 13.2.